The summed E-state index contributed by atoms with van der Waals surface area (Å²) in [5.41, 5.74) is 0.633. The van der Waals surface area contributed by atoms with Gasteiger partial charge in [0, 0.05) is 6.04 Å². The number of aromatic carboxylic acids is 1. The van der Waals surface area contributed by atoms with Crippen molar-refractivity contribution in [3.05, 3.63) is 23.7 Å². The largest absolute Gasteiger partial charge is 0.475 e. The van der Waals surface area contributed by atoms with Gasteiger partial charge in [-0.15, -0.1) is 0 Å². The van der Waals surface area contributed by atoms with Gasteiger partial charge in [-0.3, -0.25) is 0 Å². The average molecular weight is 291 g/mol. The summed E-state index contributed by atoms with van der Waals surface area (Å²) in [5.74, 6) is 0.491. The maximum absolute atomic E-state index is 10.9. The number of nitrogens with one attached hydrogen (secondary N) is 1. The molecule has 0 saturated heterocycles. The summed E-state index contributed by atoms with van der Waals surface area (Å²) < 4.78 is 5.44. The van der Waals surface area contributed by atoms with Crippen LogP contribution in [0.4, 0.5) is 0 Å². The molecule has 0 radical (unpaired) electrons. The van der Waals surface area contributed by atoms with E-state index < -0.39 is 5.97 Å². The molecule has 21 heavy (non-hydrogen) atoms. The number of furan rings is 1. The van der Waals surface area contributed by atoms with Crippen molar-refractivity contribution in [3.63, 3.8) is 0 Å². The second-order valence-corrected chi connectivity index (χ2v) is 7.74. The van der Waals surface area contributed by atoms with Crippen LogP contribution in [-0.2, 0) is 0 Å². The molecule has 1 aromatic rings. The maximum atomic E-state index is 10.9. The molecule has 4 nitrogen and oxygen atoms in total. The number of fused-ring (bicyclic) bond motifs is 2. The molecule has 0 aromatic carbocycles. The Morgan fingerprint density at radius 2 is 2.14 bits per heavy atom. The van der Waals surface area contributed by atoms with E-state index in [-0.39, 0.29) is 17.2 Å². The number of carboxylic acid groups (broad SMARTS) is 1. The lowest BCUT2D eigenvalue weighted by atomic mass is 9.68. The molecule has 2 aliphatic carbocycles. The summed E-state index contributed by atoms with van der Waals surface area (Å²) in [6, 6.07) is 3.77. The first-order valence-corrected chi connectivity index (χ1v) is 7.83. The Hall–Kier alpha value is -1.29. The van der Waals surface area contributed by atoms with E-state index in [2.05, 4.69) is 33.0 Å². The van der Waals surface area contributed by atoms with Crippen molar-refractivity contribution >= 4 is 5.97 Å². The summed E-state index contributed by atoms with van der Waals surface area (Å²) in [6.45, 7) is 9.15. The third-order valence-electron chi connectivity index (χ3n) is 5.95. The number of rotatable bonds is 4. The van der Waals surface area contributed by atoms with Crippen LogP contribution in [0.5, 0.6) is 0 Å². The van der Waals surface area contributed by atoms with Crippen LogP contribution in [-0.4, -0.2) is 17.1 Å². The molecule has 1 aromatic heterocycles. The Morgan fingerprint density at radius 1 is 1.43 bits per heavy atom. The van der Waals surface area contributed by atoms with Gasteiger partial charge >= 0.3 is 5.97 Å². The molecule has 4 heteroatoms. The van der Waals surface area contributed by atoms with Gasteiger partial charge in [0.1, 0.15) is 5.76 Å². The Balaban J connectivity index is 1.77. The first kappa shape index (κ1) is 14.6. The first-order chi connectivity index (χ1) is 9.74. The Kier molecular flexibility index (Phi) is 3.21. The summed E-state index contributed by atoms with van der Waals surface area (Å²) in [4.78, 5) is 10.9. The molecule has 2 saturated carbocycles. The lowest BCUT2D eigenvalue weighted by molar-refractivity contribution is 0.0655. The van der Waals surface area contributed by atoms with Crippen molar-refractivity contribution in [2.75, 3.05) is 0 Å². The third-order valence-corrected chi connectivity index (χ3v) is 5.95. The quantitative estimate of drug-likeness (QED) is 0.884. The number of carboxylic acids is 1. The minimum atomic E-state index is -1.01. The normalized spacial score (nSPS) is 35.0. The zero-order valence-corrected chi connectivity index (χ0v) is 13.3. The van der Waals surface area contributed by atoms with E-state index in [4.69, 9.17) is 9.52 Å². The number of carbonyl (C=O) groups is 1. The van der Waals surface area contributed by atoms with E-state index in [0.717, 1.165) is 5.92 Å². The topological polar surface area (TPSA) is 62.5 Å². The Labute approximate surface area is 125 Å². The van der Waals surface area contributed by atoms with Gasteiger partial charge in [-0.2, -0.15) is 0 Å². The van der Waals surface area contributed by atoms with Crippen LogP contribution in [0.1, 0.15) is 69.3 Å². The van der Waals surface area contributed by atoms with Crippen molar-refractivity contribution < 1.29 is 14.3 Å². The van der Waals surface area contributed by atoms with E-state index >= 15 is 0 Å². The molecule has 0 aliphatic heterocycles. The molecule has 116 valence electrons. The minimum Gasteiger partial charge on any atom is -0.475 e. The fourth-order valence-corrected chi connectivity index (χ4v) is 4.75. The Bertz CT molecular complexity index is 557. The van der Waals surface area contributed by atoms with Gasteiger partial charge in [0.25, 0.3) is 0 Å². The summed E-state index contributed by atoms with van der Waals surface area (Å²) >= 11 is 0. The summed E-state index contributed by atoms with van der Waals surface area (Å²) in [5, 5.41) is 12.7. The molecule has 2 fully saturated rings. The molecule has 0 spiro atoms. The van der Waals surface area contributed by atoms with Gasteiger partial charge in [0.05, 0.1) is 6.04 Å². The van der Waals surface area contributed by atoms with E-state index in [1.54, 1.807) is 6.07 Å². The van der Waals surface area contributed by atoms with Crippen LogP contribution in [0, 0.1) is 16.7 Å². The highest BCUT2D eigenvalue weighted by Gasteiger charge is 2.59. The van der Waals surface area contributed by atoms with E-state index in [1.807, 2.05) is 0 Å². The third kappa shape index (κ3) is 2.20. The van der Waals surface area contributed by atoms with Crippen LogP contribution < -0.4 is 5.32 Å². The first-order valence-electron chi connectivity index (χ1n) is 7.83. The fraction of sp³-hybridized carbons (Fsp3) is 0.706. The van der Waals surface area contributed by atoms with Crippen LogP contribution in [0.3, 0.4) is 0 Å². The van der Waals surface area contributed by atoms with Gasteiger partial charge in [-0.1, -0.05) is 20.8 Å². The van der Waals surface area contributed by atoms with Crippen molar-refractivity contribution in [3.8, 4) is 0 Å². The second kappa shape index (κ2) is 4.60. The van der Waals surface area contributed by atoms with Crippen LogP contribution in [0.25, 0.3) is 0 Å². The van der Waals surface area contributed by atoms with Crippen LogP contribution in [0.2, 0.25) is 0 Å². The van der Waals surface area contributed by atoms with Gasteiger partial charge in [-0.05, 0) is 55.1 Å². The van der Waals surface area contributed by atoms with Gasteiger partial charge in [0.2, 0.25) is 5.76 Å². The molecule has 4 atom stereocenters. The molecular formula is C17H25NO3. The predicted octanol–water partition coefficient (Wildman–Crippen LogP) is 3.84. The van der Waals surface area contributed by atoms with Crippen molar-refractivity contribution in [2.24, 2.45) is 16.7 Å². The van der Waals surface area contributed by atoms with Gasteiger partial charge in [-0.25, -0.2) is 4.79 Å². The molecule has 3 rings (SSSR count). The van der Waals surface area contributed by atoms with Crippen LogP contribution >= 0.6 is 0 Å². The van der Waals surface area contributed by atoms with E-state index in [1.165, 1.54) is 25.3 Å². The highest BCUT2D eigenvalue weighted by molar-refractivity contribution is 5.84. The van der Waals surface area contributed by atoms with Gasteiger partial charge in [0.15, 0.2) is 0 Å². The van der Waals surface area contributed by atoms with Crippen molar-refractivity contribution in [1.29, 1.82) is 0 Å². The molecule has 1 heterocycles. The predicted molar refractivity (Wildman–Crippen MR) is 80.2 cm³/mol. The summed E-state index contributed by atoms with van der Waals surface area (Å²) in [6.07, 6.45) is 3.91. The van der Waals surface area contributed by atoms with Crippen molar-refractivity contribution in [1.82, 2.24) is 5.32 Å². The number of hydrogen-bond donors (Lipinski definition) is 2. The summed E-state index contributed by atoms with van der Waals surface area (Å²) in [7, 11) is 0. The molecule has 2 bridgehead atoms. The highest BCUT2D eigenvalue weighted by atomic mass is 16.4. The van der Waals surface area contributed by atoms with Gasteiger partial charge < -0.3 is 14.8 Å². The number of hydrogen-bond acceptors (Lipinski definition) is 3. The standard InChI is InChI=1S/C17H25NO3/c1-10(12-5-6-13(21-12)14(19)20)18-15-16(2,3)11-7-8-17(15,4)9-11/h5-6,10-11,15,18H,7-9H2,1-4H3,(H,19,20). The zero-order valence-electron chi connectivity index (χ0n) is 13.3. The SMILES string of the molecule is CC(NC1C2(C)CCC(C2)C1(C)C)c1ccc(C(=O)O)o1. The monoisotopic (exact) mass is 291 g/mol. The fourth-order valence-electron chi connectivity index (χ4n) is 4.75. The van der Waals surface area contributed by atoms with Crippen molar-refractivity contribution in [2.45, 2.75) is 59.0 Å². The lowest BCUT2D eigenvalue weighted by Gasteiger charge is -2.44. The van der Waals surface area contributed by atoms with E-state index in [9.17, 15) is 4.79 Å². The molecule has 4 unspecified atom stereocenters. The lowest BCUT2D eigenvalue weighted by Crippen LogP contribution is -2.50. The smallest absolute Gasteiger partial charge is 0.371 e. The second-order valence-electron chi connectivity index (χ2n) is 7.74. The minimum absolute atomic E-state index is 0.0112. The highest BCUT2D eigenvalue weighted by Crippen LogP contribution is 2.62. The van der Waals surface area contributed by atoms with E-state index in [0.29, 0.717) is 17.2 Å². The van der Waals surface area contributed by atoms with Crippen LogP contribution in [0.15, 0.2) is 16.5 Å². The molecule has 0 amide bonds. The Morgan fingerprint density at radius 3 is 2.67 bits per heavy atom. The molecule has 2 aliphatic rings. The molecule has 2 N–H and O–H groups in total. The maximum Gasteiger partial charge on any atom is 0.371 e. The zero-order chi connectivity index (χ0) is 15.4. The molecular weight excluding hydrogens is 266 g/mol. The average Bonchev–Trinajstić information content (AvgIpc) is 3.05.